The molecule has 2 unspecified atom stereocenters. The van der Waals surface area contributed by atoms with Crippen molar-refractivity contribution >= 4 is 0 Å². The number of rotatable bonds is 2. The standard InChI is InChI=1S/C11H21NO/c12-11(10-7-4-8-13-10)9-5-2-1-3-6-9/h9-11H,1-8,12H2. The van der Waals surface area contributed by atoms with Gasteiger partial charge >= 0.3 is 0 Å². The topological polar surface area (TPSA) is 35.2 Å². The van der Waals surface area contributed by atoms with Crippen LogP contribution in [0.1, 0.15) is 44.9 Å². The Kier molecular flexibility index (Phi) is 3.23. The second kappa shape index (κ2) is 4.43. The van der Waals surface area contributed by atoms with Crippen LogP contribution in [0.15, 0.2) is 0 Å². The lowest BCUT2D eigenvalue weighted by atomic mass is 9.82. The fourth-order valence-electron chi connectivity index (χ4n) is 2.73. The first-order valence-corrected chi connectivity index (χ1v) is 5.75. The van der Waals surface area contributed by atoms with Gasteiger partial charge in [-0.3, -0.25) is 0 Å². The predicted octanol–water partition coefficient (Wildman–Crippen LogP) is 2.07. The maximum Gasteiger partial charge on any atom is 0.0729 e. The minimum absolute atomic E-state index is 0.322. The smallest absolute Gasteiger partial charge is 0.0729 e. The Bertz CT molecular complexity index is 148. The lowest BCUT2D eigenvalue weighted by molar-refractivity contribution is 0.0642. The highest BCUT2D eigenvalue weighted by molar-refractivity contribution is 4.85. The largest absolute Gasteiger partial charge is 0.377 e. The summed E-state index contributed by atoms with van der Waals surface area (Å²) in [6.45, 7) is 0.936. The molecule has 2 heteroatoms. The molecule has 2 fully saturated rings. The van der Waals surface area contributed by atoms with Crippen LogP contribution in [0.2, 0.25) is 0 Å². The zero-order chi connectivity index (χ0) is 9.10. The third-order valence-electron chi connectivity index (χ3n) is 3.59. The van der Waals surface area contributed by atoms with E-state index in [1.807, 2.05) is 0 Å². The molecule has 0 spiro atoms. The summed E-state index contributed by atoms with van der Waals surface area (Å²) in [7, 11) is 0. The summed E-state index contributed by atoms with van der Waals surface area (Å²) in [5, 5.41) is 0. The molecule has 2 rings (SSSR count). The molecule has 2 nitrogen and oxygen atoms in total. The van der Waals surface area contributed by atoms with Crippen LogP contribution in [0.4, 0.5) is 0 Å². The average molecular weight is 183 g/mol. The van der Waals surface area contributed by atoms with Gasteiger partial charge in [0.2, 0.25) is 0 Å². The molecule has 0 amide bonds. The third-order valence-corrected chi connectivity index (χ3v) is 3.59. The van der Waals surface area contributed by atoms with Crippen LogP contribution in [0.25, 0.3) is 0 Å². The molecule has 76 valence electrons. The fourth-order valence-corrected chi connectivity index (χ4v) is 2.73. The van der Waals surface area contributed by atoms with E-state index in [1.165, 1.54) is 44.9 Å². The second-order valence-corrected chi connectivity index (χ2v) is 4.53. The van der Waals surface area contributed by atoms with Gasteiger partial charge in [-0.15, -0.1) is 0 Å². The Morgan fingerprint density at radius 1 is 1.00 bits per heavy atom. The first-order valence-electron chi connectivity index (χ1n) is 5.75. The number of ether oxygens (including phenoxy) is 1. The van der Waals surface area contributed by atoms with Gasteiger partial charge in [0, 0.05) is 12.6 Å². The highest BCUT2D eigenvalue weighted by Crippen LogP contribution is 2.29. The van der Waals surface area contributed by atoms with E-state index in [1.54, 1.807) is 0 Å². The lowest BCUT2D eigenvalue weighted by Crippen LogP contribution is -2.41. The molecule has 2 atom stereocenters. The molecule has 1 aliphatic heterocycles. The van der Waals surface area contributed by atoms with Crippen molar-refractivity contribution in [1.29, 1.82) is 0 Å². The molecule has 1 aliphatic carbocycles. The Morgan fingerprint density at radius 3 is 2.38 bits per heavy atom. The van der Waals surface area contributed by atoms with Crippen molar-refractivity contribution in [3.63, 3.8) is 0 Å². The van der Waals surface area contributed by atoms with E-state index >= 15 is 0 Å². The van der Waals surface area contributed by atoms with Gasteiger partial charge in [0.15, 0.2) is 0 Å². The van der Waals surface area contributed by atoms with Crippen LogP contribution >= 0.6 is 0 Å². The van der Waals surface area contributed by atoms with Crippen LogP contribution < -0.4 is 5.73 Å². The van der Waals surface area contributed by atoms with Crippen molar-refractivity contribution in [3.8, 4) is 0 Å². The molecule has 2 aliphatic rings. The maximum atomic E-state index is 6.23. The molecule has 0 radical (unpaired) electrons. The Hall–Kier alpha value is -0.0800. The van der Waals surface area contributed by atoms with Crippen LogP contribution in [-0.2, 0) is 4.74 Å². The summed E-state index contributed by atoms with van der Waals surface area (Å²) in [4.78, 5) is 0. The molecular formula is C11H21NO. The zero-order valence-electron chi connectivity index (χ0n) is 8.37. The van der Waals surface area contributed by atoms with Crippen LogP contribution in [0.3, 0.4) is 0 Å². The lowest BCUT2D eigenvalue weighted by Gasteiger charge is -2.30. The van der Waals surface area contributed by atoms with Crippen molar-refractivity contribution in [2.75, 3.05) is 6.61 Å². The number of hydrogen-bond acceptors (Lipinski definition) is 2. The van der Waals surface area contributed by atoms with Gasteiger partial charge < -0.3 is 10.5 Å². The van der Waals surface area contributed by atoms with Crippen molar-refractivity contribution in [3.05, 3.63) is 0 Å². The van der Waals surface area contributed by atoms with Gasteiger partial charge in [-0.25, -0.2) is 0 Å². The van der Waals surface area contributed by atoms with E-state index in [2.05, 4.69) is 0 Å². The Balaban J connectivity index is 1.83. The highest BCUT2D eigenvalue weighted by atomic mass is 16.5. The predicted molar refractivity (Wildman–Crippen MR) is 53.5 cm³/mol. The van der Waals surface area contributed by atoms with E-state index in [0.717, 1.165) is 12.5 Å². The van der Waals surface area contributed by atoms with Crippen molar-refractivity contribution in [2.24, 2.45) is 11.7 Å². The van der Waals surface area contributed by atoms with Gasteiger partial charge in [-0.2, -0.15) is 0 Å². The fraction of sp³-hybridized carbons (Fsp3) is 1.00. The summed E-state index contributed by atoms with van der Waals surface area (Å²) < 4.78 is 5.64. The van der Waals surface area contributed by atoms with Crippen LogP contribution in [0.5, 0.6) is 0 Å². The molecule has 0 aromatic heterocycles. The van der Waals surface area contributed by atoms with E-state index in [9.17, 15) is 0 Å². The molecule has 0 aromatic carbocycles. The molecule has 13 heavy (non-hydrogen) atoms. The molecular weight excluding hydrogens is 162 g/mol. The highest BCUT2D eigenvalue weighted by Gasteiger charge is 2.30. The van der Waals surface area contributed by atoms with E-state index < -0.39 is 0 Å². The van der Waals surface area contributed by atoms with Gasteiger partial charge in [-0.05, 0) is 31.6 Å². The van der Waals surface area contributed by atoms with E-state index in [4.69, 9.17) is 10.5 Å². The van der Waals surface area contributed by atoms with E-state index in [-0.39, 0.29) is 0 Å². The quantitative estimate of drug-likeness (QED) is 0.711. The van der Waals surface area contributed by atoms with E-state index in [0.29, 0.717) is 12.1 Å². The Morgan fingerprint density at radius 2 is 1.77 bits per heavy atom. The summed E-state index contributed by atoms with van der Waals surface area (Å²) >= 11 is 0. The molecule has 0 aromatic rings. The first kappa shape index (κ1) is 9.47. The zero-order valence-corrected chi connectivity index (χ0v) is 8.37. The number of nitrogens with two attached hydrogens (primary N) is 1. The minimum atomic E-state index is 0.322. The Labute approximate surface area is 80.8 Å². The van der Waals surface area contributed by atoms with Gasteiger partial charge in [-0.1, -0.05) is 19.3 Å². The van der Waals surface area contributed by atoms with Crippen molar-refractivity contribution < 1.29 is 4.74 Å². The van der Waals surface area contributed by atoms with Crippen molar-refractivity contribution in [2.45, 2.75) is 57.1 Å². The molecule has 1 heterocycles. The minimum Gasteiger partial charge on any atom is -0.377 e. The molecule has 2 N–H and O–H groups in total. The molecule has 1 saturated heterocycles. The monoisotopic (exact) mass is 183 g/mol. The first-order chi connectivity index (χ1) is 6.38. The normalized spacial score (nSPS) is 33.5. The molecule has 1 saturated carbocycles. The molecule has 0 bridgehead atoms. The summed E-state index contributed by atoms with van der Waals surface area (Å²) in [6, 6.07) is 0.322. The average Bonchev–Trinajstić information content (AvgIpc) is 2.71. The van der Waals surface area contributed by atoms with Gasteiger partial charge in [0.25, 0.3) is 0 Å². The summed E-state index contributed by atoms with van der Waals surface area (Å²) in [6.07, 6.45) is 9.62. The maximum absolute atomic E-state index is 6.23. The van der Waals surface area contributed by atoms with Gasteiger partial charge in [0.05, 0.1) is 6.10 Å². The third kappa shape index (κ3) is 2.23. The SMILES string of the molecule is NC(C1CCCCC1)C1CCCO1. The number of hydrogen-bond donors (Lipinski definition) is 1. The van der Waals surface area contributed by atoms with Gasteiger partial charge in [0.1, 0.15) is 0 Å². The summed E-state index contributed by atoms with van der Waals surface area (Å²) in [5.41, 5.74) is 6.23. The van der Waals surface area contributed by atoms with Crippen molar-refractivity contribution in [1.82, 2.24) is 0 Å². The summed E-state index contributed by atoms with van der Waals surface area (Å²) in [5.74, 6) is 0.747. The second-order valence-electron chi connectivity index (χ2n) is 4.53. The van der Waals surface area contributed by atoms with Crippen LogP contribution in [-0.4, -0.2) is 18.8 Å². The van der Waals surface area contributed by atoms with Crippen LogP contribution in [0, 0.1) is 5.92 Å².